The molecule has 1 heterocycles. The van der Waals surface area contributed by atoms with Gasteiger partial charge in [-0.2, -0.15) is 30.0 Å². The summed E-state index contributed by atoms with van der Waals surface area (Å²) in [5.41, 5.74) is -0.265. The number of hydrogen-bond donors (Lipinski definition) is 1. The van der Waals surface area contributed by atoms with Crippen molar-refractivity contribution in [3.63, 3.8) is 0 Å². The van der Waals surface area contributed by atoms with Gasteiger partial charge in [0.25, 0.3) is 6.43 Å². The second-order valence-corrected chi connectivity index (χ2v) is 4.62. The van der Waals surface area contributed by atoms with Crippen LogP contribution in [0.25, 0.3) is 0 Å². The number of nitrogens with zero attached hydrogens (tertiary/aromatic N) is 2. The second kappa shape index (κ2) is 5.87. The van der Waals surface area contributed by atoms with E-state index >= 15 is 0 Å². The Morgan fingerprint density at radius 2 is 2.06 bits per heavy atom. The van der Waals surface area contributed by atoms with Crippen LogP contribution < -0.4 is 0 Å². The minimum atomic E-state index is -4.69. The Labute approximate surface area is 104 Å². The van der Waals surface area contributed by atoms with E-state index in [1.165, 1.54) is 17.9 Å². The minimum absolute atomic E-state index is 0.0549. The van der Waals surface area contributed by atoms with Crippen molar-refractivity contribution in [2.75, 3.05) is 5.75 Å². The number of thioether (sulfide) groups is 1. The summed E-state index contributed by atoms with van der Waals surface area (Å²) in [6, 6.07) is 0. The third kappa shape index (κ3) is 4.13. The van der Waals surface area contributed by atoms with Gasteiger partial charge in [-0.05, 0) is 0 Å². The SMILES string of the molecule is Cn1cc(CSC[C@@H](O)C(F)(F)F)c(C(F)F)n1. The topological polar surface area (TPSA) is 38.0 Å². The number of aliphatic hydroxyl groups is 1. The maximum Gasteiger partial charge on any atom is 0.415 e. The van der Waals surface area contributed by atoms with E-state index in [-0.39, 0.29) is 11.3 Å². The van der Waals surface area contributed by atoms with Gasteiger partial charge in [-0.25, -0.2) is 8.78 Å². The highest BCUT2D eigenvalue weighted by Gasteiger charge is 2.37. The van der Waals surface area contributed by atoms with Crippen LogP contribution >= 0.6 is 11.8 Å². The van der Waals surface area contributed by atoms with Crippen LogP contribution in [0.2, 0.25) is 0 Å². The summed E-state index contributed by atoms with van der Waals surface area (Å²) < 4.78 is 62.1. The number of hydrogen-bond acceptors (Lipinski definition) is 3. The number of alkyl halides is 5. The number of aryl methyl sites for hydroxylation is 1. The summed E-state index contributed by atoms with van der Waals surface area (Å²) in [7, 11) is 1.45. The van der Waals surface area contributed by atoms with E-state index in [2.05, 4.69) is 5.10 Å². The Morgan fingerprint density at radius 1 is 1.44 bits per heavy atom. The van der Waals surface area contributed by atoms with Gasteiger partial charge < -0.3 is 5.11 Å². The summed E-state index contributed by atoms with van der Waals surface area (Å²) in [5.74, 6) is -0.651. The lowest BCUT2D eigenvalue weighted by Gasteiger charge is -2.13. The number of rotatable bonds is 5. The highest BCUT2D eigenvalue weighted by atomic mass is 32.2. The molecule has 18 heavy (non-hydrogen) atoms. The number of halogens is 5. The third-order valence-electron chi connectivity index (χ3n) is 2.05. The summed E-state index contributed by atoms with van der Waals surface area (Å²) in [6.45, 7) is 0. The molecule has 0 aromatic carbocycles. The molecule has 0 unspecified atom stereocenters. The summed E-state index contributed by atoms with van der Waals surface area (Å²) in [4.78, 5) is 0. The molecule has 0 bridgehead atoms. The zero-order valence-corrected chi connectivity index (χ0v) is 10.1. The fourth-order valence-corrected chi connectivity index (χ4v) is 2.20. The first kappa shape index (κ1) is 15.2. The van der Waals surface area contributed by atoms with Crippen molar-refractivity contribution in [3.8, 4) is 0 Å². The number of aromatic nitrogens is 2. The molecule has 1 rings (SSSR count). The lowest BCUT2D eigenvalue weighted by molar-refractivity contribution is -0.195. The van der Waals surface area contributed by atoms with Gasteiger partial charge in [0.2, 0.25) is 0 Å². The van der Waals surface area contributed by atoms with E-state index in [1.807, 2.05) is 0 Å². The molecule has 1 aromatic heterocycles. The maximum atomic E-state index is 12.5. The van der Waals surface area contributed by atoms with E-state index in [0.717, 1.165) is 11.8 Å². The highest BCUT2D eigenvalue weighted by molar-refractivity contribution is 7.98. The highest BCUT2D eigenvalue weighted by Crippen LogP contribution is 2.27. The van der Waals surface area contributed by atoms with Crippen LogP contribution in [0.5, 0.6) is 0 Å². The molecular formula is C9H11F5N2OS. The Kier molecular flexibility index (Phi) is 4.97. The first-order valence-electron chi connectivity index (χ1n) is 4.85. The summed E-state index contributed by atoms with van der Waals surface area (Å²) >= 11 is 0.730. The zero-order chi connectivity index (χ0) is 13.9. The fourth-order valence-electron chi connectivity index (χ4n) is 1.22. The Bertz CT molecular complexity index is 393. The molecule has 0 aliphatic carbocycles. The van der Waals surface area contributed by atoms with Gasteiger partial charge >= 0.3 is 6.18 Å². The largest absolute Gasteiger partial charge is 0.415 e. The quantitative estimate of drug-likeness (QED) is 0.847. The molecule has 0 saturated heterocycles. The molecule has 1 atom stereocenters. The second-order valence-electron chi connectivity index (χ2n) is 3.59. The van der Waals surface area contributed by atoms with E-state index in [9.17, 15) is 22.0 Å². The lowest BCUT2D eigenvalue weighted by Crippen LogP contribution is -2.30. The molecule has 104 valence electrons. The van der Waals surface area contributed by atoms with Gasteiger partial charge in [0.1, 0.15) is 5.69 Å². The van der Waals surface area contributed by atoms with Crippen LogP contribution in [0.15, 0.2) is 6.20 Å². The molecular weight excluding hydrogens is 279 g/mol. The summed E-state index contributed by atoms with van der Waals surface area (Å²) in [5, 5.41) is 12.3. The predicted octanol–water partition coefficient (Wildman–Crippen LogP) is 2.51. The van der Waals surface area contributed by atoms with Crippen LogP contribution in [0, 0.1) is 0 Å². The van der Waals surface area contributed by atoms with Crippen molar-refractivity contribution in [1.29, 1.82) is 0 Å². The van der Waals surface area contributed by atoms with Gasteiger partial charge in [-0.3, -0.25) is 4.68 Å². The Hall–Kier alpha value is -0.830. The van der Waals surface area contributed by atoms with Crippen LogP contribution in [0.4, 0.5) is 22.0 Å². The van der Waals surface area contributed by atoms with Gasteiger partial charge in [0.15, 0.2) is 6.10 Å². The Balaban J connectivity index is 2.54. The smallest absolute Gasteiger partial charge is 0.383 e. The van der Waals surface area contributed by atoms with E-state index in [4.69, 9.17) is 5.11 Å². The van der Waals surface area contributed by atoms with Crippen molar-refractivity contribution in [1.82, 2.24) is 9.78 Å². The average molecular weight is 290 g/mol. The molecule has 0 aliphatic heterocycles. The van der Waals surface area contributed by atoms with Crippen molar-refractivity contribution in [2.45, 2.75) is 24.5 Å². The molecule has 0 amide bonds. The van der Waals surface area contributed by atoms with E-state index in [1.54, 1.807) is 0 Å². The molecule has 1 aromatic rings. The standard InChI is InChI=1S/C9H11F5N2OS/c1-16-2-5(7(15-16)8(10)11)3-18-4-6(17)9(12,13)14/h2,6,8,17H,3-4H2,1H3/t6-/m1/s1. The van der Waals surface area contributed by atoms with Crippen molar-refractivity contribution >= 4 is 11.8 Å². The third-order valence-corrected chi connectivity index (χ3v) is 3.12. The molecule has 0 radical (unpaired) electrons. The van der Waals surface area contributed by atoms with Gasteiger partial charge in [0, 0.05) is 30.3 Å². The molecule has 0 spiro atoms. The first-order valence-corrected chi connectivity index (χ1v) is 6.00. The lowest BCUT2D eigenvalue weighted by atomic mass is 10.3. The summed E-state index contributed by atoms with van der Waals surface area (Å²) in [6.07, 6.45) is -8.58. The predicted molar refractivity (Wildman–Crippen MR) is 56.4 cm³/mol. The monoisotopic (exact) mass is 290 g/mol. The molecule has 0 fully saturated rings. The number of aliphatic hydroxyl groups excluding tert-OH is 1. The normalized spacial score (nSPS) is 14.2. The van der Waals surface area contributed by atoms with Crippen LogP contribution in [-0.4, -0.2) is 32.9 Å². The minimum Gasteiger partial charge on any atom is -0.383 e. The van der Waals surface area contributed by atoms with Crippen molar-refractivity contribution < 1.29 is 27.1 Å². The molecule has 9 heteroatoms. The van der Waals surface area contributed by atoms with Gasteiger partial charge in [0.05, 0.1) is 0 Å². The van der Waals surface area contributed by atoms with Gasteiger partial charge in [-0.1, -0.05) is 0 Å². The van der Waals surface area contributed by atoms with E-state index < -0.39 is 30.2 Å². The fraction of sp³-hybridized carbons (Fsp3) is 0.667. The average Bonchev–Trinajstić information content (AvgIpc) is 2.58. The van der Waals surface area contributed by atoms with Crippen LogP contribution in [-0.2, 0) is 12.8 Å². The molecule has 1 N–H and O–H groups in total. The Morgan fingerprint density at radius 3 is 2.56 bits per heavy atom. The zero-order valence-electron chi connectivity index (χ0n) is 9.29. The van der Waals surface area contributed by atoms with Crippen molar-refractivity contribution in [2.24, 2.45) is 7.05 Å². The van der Waals surface area contributed by atoms with E-state index in [0.29, 0.717) is 0 Å². The molecule has 3 nitrogen and oxygen atoms in total. The van der Waals surface area contributed by atoms with Gasteiger partial charge in [-0.15, -0.1) is 0 Å². The first-order chi connectivity index (χ1) is 8.21. The molecule has 0 saturated carbocycles. The van der Waals surface area contributed by atoms with Crippen LogP contribution in [0.1, 0.15) is 17.7 Å². The molecule has 0 aliphatic rings. The van der Waals surface area contributed by atoms with Crippen molar-refractivity contribution in [3.05, 3.63) is 17.5 Å². The van der Waals surface area contributed by atoms with Crippen LogP contribution in [0.3, 0.4) is 0 Å². The maximum absolute atomic E-state index is 12.5.